The van der Waals surface area contributed by atoms with Crippen molar-refractivity contribution in [1.82, 2.24) is 10.2 Å². The number of amides is 1. The first kappa shape index (κ1) is 16.6. The number of benzene rings is 2. The Morgan fingerprint density at radius 1 is 0.840 bits per heavy atom. The van der Waals surface area contributed by atoms with Crippen molar-refractivity contribution in [1.29, 1.82) is 0 Å². The molecule has 0 bridgehead atoms. The quantitative estimate of drug-likeness (QED) is 0.717. The predicted molar refractivity (Wildman–Crippen MR) is 100 cm³/mol. The number of para-hydroxylation sites is 1. The Hall–Kier alpha value is -3.21. The number of rotatable bonds is 5. The van der Waals surface area contributed by atoms with Crippen molar-refractivity contribution in [2.45, 2.75) is 19.8 Å². The number of carbonyl (C=O) groups excluding carboxylic acids is 1. The Morgan fingerprint density at radius 2 is 1.48 bits per heavy atom. The summed E-state index contributed by atoms with van der Waals surface area (Å²) in [4.78, 5) is 12.1. The molecular weight excluding hydrogens is 312 g/mol. The average molecular weight is 332 g/mol. The highest BCUT2D eigenvalue weighted by Gasteiger charge is 2.08. The summed E-state index contributed by atoms with van der Waals surface area (Å²) in [5, 5.41) is 14.2. The van der Waals surface area contributed by atoms with Gasteiger partial charge in [-0.15, -0.1) is 10.2 Å². The van der Waals surface area contributed by atoms with Crippen LogP contribution in [0.5, 0.6) is 0 Å². The van der Waals surface area contributed by atoms with Gasteiger partial charge in [0, 0.05) is 11.3 Å². The molecule has 5 nitrogen and oxygen atoms in total. The van der Waals surface area contributed by atoms with E-state index < -0.39 is 0 Å². The summed E-state index contributed by atoms with van der Waals surface area (Å²) < 4.78 is 0. The van der Waals surface area contributed by atoms with Crippen molar-refractivity contribution in [3.8, 4) is 0 Å². The van der Waals surface area contributed by atoms with Gasteiger partial charge in [-0.05, 0) is 41.8 Å². The van der Waals surface area contributed by atoms with Crippen molar-refractivity contribution in [3.63, 3.8) is 0 Å². The highest BCUT2D eigenvalue weighted by atomic mass is 16.1. The van der Waals surface area contributed by atoms with E-state index in [1.165, 1.54) is 5.56 Å². The Morgan fingerprint density at radius 3 is 2.16 bits per heavy atom. The molecule has 126 valence electrons. The lowest BCUT2D eigenvalue weighted by Crippen LogP contribution is -2.13. The van der Waals surface area contributed by atoms with Gasteiger partial charge in [-0.1, -0.05) is 50.2 Å². The second-order valence-electron chi connectivity index (χ2n) is 5.99. The van der Waals surface area contributed by atoms with Crippen LogP contribution >= 0.6 is 0 Å². The maximum Gasteiger partial charge on any atom is 0.256 e. The molecule has 0 saturated carbocycles. The van der Waals surface area contributed by atoms with Gasteiger partial charge in [-0.3, -0.25) is 4.79 Å². The van der Waals surface area contributed by atoms with Crippen LogP contribution in [0.15, 0.2) is 66.7 Å². The fourth-order valence-electron chi connectivity index (χ4n) is 2.50. The monoisotopic (exact) mass is 332 g/mol. The van der Waals surface area contributed by atoms with Crippen LogP contribution < -0.4 is 10.6 Å². The topological polar surface area (TPSA) is 66.9 Å². The van der Waals surface area contributed by atoms with Crippen molar-refractivity contribution >= 4 is 23.2 Å². The molecule has 1 aromatic heterocycles. The molecule has 3 aromatic rings. The summed E-state index contributed by atoms with van der Waals surface area (Å²) in [5.41, 5.74) is 2.80. The molecule has 3 rings (SSSR count). The van der Waals surface area contributed by atoms with Crippen LogP contribution in [0, 0.1) is 0 Å². The van der Waals surface area contributed by atoms with Crippen molar-refractivity contribution in [2.75, 3.05) is 10.6 Å². The van der Waals surface area contributed by atoms with Crippen LogP contribution in [0.2, 0.25) is 0 Å². The summed E-state index contributed by atoms with van der Waals surface area (Å²) in [7, 11) is 0. The Bertz CT molecular complexity index is 845. The fourth-order valence-corrected chi connectivity index (χ4v) is 2.50. The van der Waals surface area contributed by atoms with E-state index in [2.05, 4.69) is 40.7 Å². The third kappa shape index (κ3) is 4.20. The van der Waals surface area contributed by atoms with Gasteiger partial charge in [0.15, 0.2) is 11.6 Å². The maximum atomic E-state index is 12.1. The van der Waals surface area contributed by atoms with Gasteiger partial charge in [0.05, 0.1) is 0 Å². The molecule has 2 N–H and O–H groups in total. The van der Waals surface area contributed by atoms with Gasteiger partial charge in [0.2, 0.25) is 0 Å². The number of anilines is 3. The minimum atomic E-state index is -0.208. The normalized spacial score (nSPS) is 10.5. The van der Waals surface area contributed by atoms with Crippen molar-refractivity contribution in [2.24, 2.45) is 0 Å². The van der Waals surface area contributed by atoms with E-state index in [4.69, 9.17) is 0 Å². The average Bonchev–Trinajstić information content (AvgIpc) is 2.64. The first-order chi connectivity index (χ1) is 12.1. The standard InChI is InChI=1S/C20H20N4O/c1-14(2)16-10-6-7-11-17(16)21-18-12-13-19(24-23-18)22-20(25)15-8-4-3-5-9-15/h3-14H,1-2H3,(H,21,23)(H,22,24,25). The van der Waals surface area contributed by atoms with E-state index in [0.29, 0.717) is 23.1 Å². The summed E-state index contributed by atoms with van der Waals surface area (Å²) in [6.07, 6.45) is 0. The van der Waals surface area contributed by atoms with Gasteiger partial charge < -0.3 is 10.6 Å². The van der Waals surface area contributed by atoms with Gasteiger partial charge in [0.1, 0.15) is 0 Å². The molecular formula is C20H20N4O. The predicted octanol–water partition coefficient (Wildman–Crippen LogP) is 4.60. The SMILES string of the molecule is CC(C)c1ccccc1Nc1ccc(NC(=O)c2ccccc2)nn1. The van der Waals surface area contributed by atoms with Gasteiger partial charge in [-0.2, -0.15) is 0 Å². The van der Waals surface area contributed by atoms with Crippen LogP contribution in [-0.4, -0.2) is 16.1 Å². The third-order valence-corrected chi connectivity index (χ3v) is 3.79. The molecule has 1 amide bonds. The fraction of sp³-hybridized carbons (Fsp3) is 0.150. The molecule has 2 aromatic carbocycles. The zero-order valence-electron chi connectivity index (χ0n) is 14.2. The van der Waals surface area contributed by atoms with E-state index in [0.717, 1.165) is 5.69 Å². The van der Waals surface area contributed by atoms with E-state index in [1.807, 2.05) is 36.4 Å². The number of aromatic nitrogens is 2. The van der Waals surface area contributed by atoms with Crippen LogP contribution in [-0.2, 0) is 0 Å². The molecule has 0 radical (unpaired) electrons. The van der Waals surface area contributed by atoms with E-state index in [9.17, 15) is 4.79 Å². The van der Waals surface area contributed by atoms with Crippen LogP contribution in [0.25, 0.3) is 0 Å². The van der Waals surface area contributed by atoms with Crippen LogP contribution in [0.3, 0.4) is 0 Å². The molecule has 25 heavy (non-hydrogen) atoms. The highest BCUT2D eigenvalue weighted by molar-refractivity contribution is 6.03. The number of hydrogen-bond acceptors (Lipinski definition) is 4. The lowest BCUT2D eigenvalue weighted by atomic mass is 10.0. The highest BCUT2D eigenvalue weighted by Crippen LogP contribution is 2.26. The Kier molecular flexibility index (Phi) is 5.04. The number of hydrogen-bond donors (Lipinski definition) is 2. The van der Waals surface area contributed by atoms with Crippen LogP contribution in [0.4, 0.5) is 17.3 Å². The molecule has 0 atom stereocenters. The molecule has 0 saturated heterocycles. The number of carbonyl (C=O) groups is 1. The molecule has 0 aliphatic carbocycles. The van der Waals surface area contributed by atoms with Gasteiger partial charge in [-0.25, -0.2) is 0 Å². The summed E-state index contributed by atoms with van der Waals surface area (Å²) in [6, 6.07) is 20.6. The van der Waals surface area contributed by atoms with Gasteiger partial charge in [0.25, 0.3) is 5.91 Å². The molecule has 0 fully saturated rings. The maximum absolute atomic E-state index is 12.1. The Balaban J connectivity index is 1.70. The minimum Gasteiger partial charge on any atom is -0.338 e. The van der Waals surface area contributed by atoms with E-state index >= 15 is 0 Å². The zero-order chi connectivity index (χ0) is 17.6. The molecule has 5 heteroatoms. The molecule has 0 aliphatic rings. The summed E-state index contributed by atoms with van der Waals surface area (Å²) in [5.74, 6) is 1.24. The lowest BCUT2D eigenvalue weighted by molar-refractivity contribution is 0.102. The first-order valence-corrected chi connectivity index (χ1v) is 8.19. The number of nitrogens with zero attached hydrogens (tertiary/aromatic N) is 2. The smallest absolute Gasteiger partial charge is 0.256 e. The molecule has 0 unspecified atom stereocenters. The van der Waals surface area contributed by atoms with E-state index in [1.54, 1.807) is 24.3 Å². The largest absolute Gasteiger partial charge is 0.338 e. The van der Waals surface area contributed by atoms with Crippen LogP contribution in [0.1, 0.15) is 35.7 Å². The minimum absolute atomic E-state index is 0.208. The molecule has 0 spiro atoms. The molecule has 1 heterocycles. The lowest BCUT2D eigenvalue weighted by Gasteiger charge is -2.13. The first-order valence-electron chi connectivity index (χ1n) is 8.19. The zero-order valence-corrected chi connectivity index (χ0v) is 14.2. The third-order valence-electron chi connectivity index (χ3n) is 3.79. The van der Waals surface area contributed by atoms with Crippen molar-refractivity contribution < 1.29 is 4.79 Å². The number of nitrogens with one attached hydrogen (secondary N) is 2. The summed E-state index contributed by atoms with van der Waals surface area (Å²) in [6.45, 7) is 4.29. The Labute approximate surface area is 147 Å². The summed E-state index contributed by atoms with van der Waals surface area (Å²) >= 11 is 0. The second kappa shape index (κ2) is 7.57. The van der Waals surface area contributed by atoms with Gasteiger partial charge >= 0.3 is 0 Å². The second-order valence-corrected chi connectivity index (χ2v) is 5.99. The molecule has 0 aliphatic heterocycles. The van der Waals surface area contributed by atoms with Crippen molar-refractivity contribution in [3.05, 3.63) is 77.9 Å². The van der Waals surface area contributed by atoms with E-state index in [-0.39, 0.29) is 5.91 Å².